The fourth-order valence-electron chi connectivity index (χ4n) is 4.76. The van der Waals surface area contributed by atoms with Gasteiger partial charge in [0.25, 0.3) is 6.47 Å². The SMILES string of the molecule is O=C(N[C@@H]1C[C@H]2CO[C@@H](c3ccccc3)CN2C1)C1(c2ccccc2F)CC1.O=CO. The third-order valence-electron chi connectivity index (χ3n) is 6.50. The molecule has 2 aliphatic heterocycles. The Labute approximate surface area is 181 Å². The average Bonchev–Trinajstić information content (AvgIpc) is 3.49. The summed E-state index contributed by atoms with van der Waals surface area (Å²) in [5, 5.41) is 10.1. The van der Waals surface area contributed by atoms with Gasteiger partial charge in [0.05, 0.1) is 18.1 Å². The van der Waals surface area contributed by atoms with Crippen LogP contribution in [0.25, 0.3) is 0 Å². The van der Waals surface area contributed by atoms with E-state index in [0.29, 0.717) is 18.2 Å². The number of fused-ring (bicyclic) bond motifs is 1. The number of amides is 1. The van der Waals surface area contributed by atoms with E-state index in [1.165, 1.54) is 11.6 Å². The van der Waals surface area contributed by atoms with E-state index in [-0.39, 0.29) is 30.3 Å². The molecule has 31 heavy (non-hydrogen) atoms. The summed E-state index contributed by atoms with van der Waals surface area (Å²) in [5.41, 5.74) is 1.07. The van der Waals surface area contributed by atoms with Crippen LogP contribution < -0.4 is 5.32 Å². The fraction of sp³-hybridized carbons (Fsp3) is 0.417. The fourth-order valence-corrected chi connectivity index (χ4v) is 4.76. The number of carbonyl (C=O) groups is 2. The Balaban J connectivity index is 0.000000730. The van der Waals surface area contributed by atoms with Crippen LogP contribution in [0.5, 0.6) is 0 Å². The monoisotopic (exact) mass is 426 g/mol. The molecule has 0 aromatic heterocycles. The number of ether oxygens (including phenoxy) is 1. The molecule has 7 heteroatoms. The molecule has 6 nitrogen and oxygen atoms in total. The largest absolute Gasteiger partial charge is 0.483 e. The molecule has 3 fully saturated rings. The first kappa shape index (κ1) is 21.5. The van der Waals surface area contributed by atoms with Crippen LogP contribution in [0.1, 0.15) is 36.5 Å². The molecule has 0 unspecified atom stereocenters. The second-order valence-corrected chi connectivity index (χ2v) is 8.41. The third kappa shape index (κ3) is 4.48. The Morgan fingerprint density at radius 1 is 1.13 bits per heavy atom. The van der Waals surface area contributed by atoms with Crippen molar-refractivity contribution in [1.82, 2.24) is 10.2 Å². The van der Waals surface area contributed by atoms with E-state index >= 15 is 0 Å². The predicted octanol–water partition coefficient (Wildman–Crippen LogP) is 2.89. The molecule has 0 spiro atoms. The van der Waals surface area contributed by atoms with E-state index in [0.717, 1.165) is 32.4 Å². The van der Waals surface area contributed by atoms with Crippen molar-refractivity contribution in [2.24, 2.45) is 0 Å². The minimum Gasteiger partial charge on any atom is -0.483 e. The number of halogens is 1. The topological polar surface area (TPSA) is 78.9 Å². The Morgan fingerprint density at radius 3 is 2.48 bits per heavy atom. The molecule has 1 saturated carbocycles. The molecular formula is C24H27FN2O4. The molecule has 2 heterocycles. The zero-order valence-corrected chi connectivity index (χ0v) is 17.2. The van der Waals surface area contributed by atoms with Crippen molar-refractivity contribution in [3.8, 4) is 0 Å². The summed E-state index contributed by atoms with van der Waals surface area (Å²) < 4.78 is 20.3. The first-order valence-electron chi connectivity index (χ1n) is 10.6. The van der Waals surface area contributed by atoms with E-state index < -0.39 is 5.41 Å². The molecule has 0 bridgehead atoms. The number of hydrogen-bond acceptors (Lipinski definition) is 4. The lowest BCUT2D eigenvalue weighted by atomic mass is 9.94. The molecule has 164 valence electrons. The molecule has 2 aromatic carbocycles. The summed E-state index contributed by atoms with van der Waals surface area (Å²) in [7, 11) is 0. The number of carbonyl (C=O) groups excluding carboxylic acids is 1. The average molecular weight is 426 g/mol. The number of rotatable bonds is 4. The molecule has 2 saturated heterocycles. The van der Waals surface area contributed by atoms with Gasteiger partial charge in [-0.15, -0.1) is 0 Å². The maximum Gasteiger partial charge on any atom is 0.290 e. The molecule has 1 aliphatic carbocycles. The minimum atomic E-state index is -0.669. The van der Waals surface area contributed by atoms with Gasteiger partial charge in [0, 0.05) is 30.7 Å². The smallest absolute Gasteiger partial charge is 0.290 e. The second kappa shape index (κ2) is 9.16. The predicted molar refractivity (Wildman–Crippen MR) is 113 cm³/mol. The van der Waals surface area contributed by atoms with Gasteiger partial charge in [-0.2, -0.15) is 0 Å². The van der Waals surface area contributed by atoms with Crippen LogP contribution in [0.2, 0.25) is 0 Å². The van der Waals surface area contributed by atoms with Gasteiger partial charge in [0.15, 0.2) is 0 Å². The zero-order valence-electron chi connectivity index (χ0n) is 17.2. The summed E-state index contributed by atoms with van der Waals surface area (Å²) in [6, 6.07) is 17.4. The molecule has 0 radical (unpaired) electrons. The van der Waals surface area contributed by atoms with E-state index in [2.05, 4.69) is 22.3 Å². The van der Waals surface area contributed by atoms with Crippen LogP contribution in [0.4, 0.5) is 4.39 Å². The molecule has 3 atom stereocenters. The van der Waals surface area contributed by atoms with Gasteiger partial charge in [0.1, 0.15) is 5.82 Å². The normalized spacial score (nSPS) is 26.2. The van der Waals surface area contributed by atoms with Gasteiger partial charge >= 0.3 is 0 Å². The van der Waals surface area contributed by atoms with Crippen molar-refractivity contribution < 1.29 is 23.8 Å². The second-order valence-electron chi connectivity index (χ2n) is 8.41. The van der Waals surface area contributed by atoms with Crippen LogP contribution >= 0.6 is 0 Å². The summed E-state index contributed by atoms with van der Waals surface area (Å²) >= 11 is 0. The Hall–Kier alpha value is -2.77. The van der Waals surface area contributed by atoms with Crippen molar-refractivity contribution in [2.75, 3.05) is 19.7 Å². The van der Waals surface area contributed by atoms with Crippen molar-refractivity contribution in [1.29, 1.82) is 0 Å². The number of morpholine rings is 1. The Morgan fingerprint density at radius 2 is 1.81 bits per heavy atom. The number of hydrogen-bond donors (Lipinski definition) is 2. The standard InChI is InChI=1S/C23H25FN2O2.CH2O2/c24-20-9-5-4-8-19(20)23(10-11-23)22(27)25-17-12-18-15-28-21(14-26(18)13-17)16-6-2-1-3-7-16;2-1-3/h1-9,17-18,21H,10-15H2,(H,25,27);1H,(H,2,3)/t17-,18+,21-;/m1./s1. The highest BCUT2D eigenvalue weighted by Crippen LogP contribution is 2.49. The van der Waals surface area contributed by atoms with Crippen LogP contribution in [0.3, 0.4) is 0 Å². The Bertz CT molecular complexity index is 919. The Kier molecular flexibility index (Phi) is 6.34. The van der Waals surface area contributed by atoms with Crippen LogP contribution in [-0.2, 0) is 19.7 Å². The lowest BCUT2D eigenvalue weighted by molar-refractivity contribution is -0.124. The third-order valence-corrected chi connectivity index (χ3v) is 6.50. The van der Waals surface area contributed by atoms with Crippen molar-refractivity contribution in [3.05, 3.63) is 71.5 Å². The van der Waals surface area contributed by atoms with Crippen LogP contribution in [-0.4, -0.2) is 54.2 Å². The summed E-state index contributed by atoms with van der Waals surface area (Å²) in [5.74, 6) is -0.305. The lowest BCUT2D eigenvalue weighted by Crippen LogP contribution is -2.44. The molecular weight excluding hydrogens is 399 g/mol. The summed E-state index contributed by atoms with van der Waals surface area (Å²) in [6.45, 7) is 2.11. The molecule has 2 aromatic rings. The highest BCUT2D eigenvalue weighted by molar-refractivity contribution is 5.91. The first-order chi connectivity index (χ1) is 15.1. The number of carboxylic acid groups (broad SMARTS) is 1. The van der Waals surface area contributed by atoms with Gasteiger partial charge in [-0.3, -0.25) is 14.5 Å². The highest BCUT2D eigenvalue weighted by Gasteiger charge is 2.53. The molecule has 1 amide bonds. The van der Waals surface area contributed by atoms with Gasteiger partial charge < -0.3 is 15.2 Å². The maximum absolute atomic E-state index is 14.2. The zero-order chi connectivity index (χ0) is 21.8. The molecule has 2 N–H and O–H groups in total. The van der Waals surface area contributed by atoms with E-state index in [9.17, 15) is 9.18 Å². The van der Waals surface area contributed by atoms with Crippen LogP contribution in [0.15, 0.2) is 54.6 Å². The van der Waals surface area contributed by atoms with Crippen molar-refractivity contribution in [3.63, 3.8) is 0 Å². The van der Waals surface area contributed by atoms with Gasteiger partial charge in [-0.1, -0.05) is 48.5 Å². The molecule has 3 aliphatic rings. The number of benzene rings is 2. The van der Waals surface area contributed by atoms with Gasteiger partial charge in [-0.25, -0.2) is 4.39 Å². The summed E-state index contributed by atoms with van der Waals surface area (Å²) in [4.78, 5) is 23.8. The van der Waals surface area contributed by atoms with Gasteiger partial charge in [0.2, 0.25) is 5.91 Å². The lowest BCUT2D eigenvalue weighted by Gasteiger charge is -2.35. The minimum absolute atomic E-state index is 0.0250. The highest BCUT2D eigenvalue weighted by atomic mass is 19.1. The van der Waals surface area contributed by atoms with E-state index in [1.807, 2.05) is 24.3 Å². The number of nitrogens with zero attached hydrogens (tertiary/aromatic N) is 1. The van der Waals surface area contributed by atoms with E-state index in [4.69, 9.17) is 14.6 Å². The van der Waals surface area contributed by atoms with Crippen molar-refractivity contribution in [2.45, 2.75) is 42.9 Å². The van der Waals surface area contributed by atoms with Crippen molar-refractivity contribution >= 4 is 12.4 Å². The first-order valence-corrected chi connectivity index (χ1v) is 10.6. The number of nitrogens with one attached hydrogen (secondary N) is 1. The molecule has 5 rings (SSSR count). The summed E-state index contributed by atoms with van der Waals surface area (Å²) in [6.07, 6.45) is 2.42. The van der Waals surface area contributed by atoms with Crippen LogP contribution in [0, 0.1) is 5.82 Å². The quantitative estimate of drug-likeness (QED) is 0.735. The van der Waals surface area contributed by atoms with Gasteiger partial charge in [-0.05, 0) is 30.9 Å². The maximum atomic E-state index is 14.2. The van der Waals surface area contributed by atoms with E-state index in [1.54, 1.807) is 12.1 Å².